The molecule has 0 aromatic heterocycles. The van der Waals surface area contributed by atoms with Crippen molar-refractivity contribution < 1.29 is 9.90 Å². The van der Waals surface area contributed by atoms with E-state index in [1.165, 1.54) is 11.6 Å². The molecular formula is C17H16O2. The fourth-order valence-electron chi connectivity index (χ4n) is 2.02. The number of aryl methyl sites for hydroxylation is 1. The molecule has 96 valence electrons. The van der Waals surface area contributed by atoms with E-state index >= 15 is 0 Å². The molecule has 0 spiro atoms. The van der Waals surface area contributed by atoms with Crippen molar-refractivity contribution in [3.05, 3.63) is 77.9 Å². The van der Waals surface area contributed by atoms with Gasteiger partial charge in [-0.2, -0.15) is 0 Å². The van der Waals surface area contributed by atoms with Gasteiger partial charge in [0.05, 0.1) is 0 Å². The van der Waals surface area contributed by atoms with Crippen LogP contribution in [-0.2, 0) is 11.2 Å². The van der Waals surface area contributed by atoms with Crippen LogP contribution in [-0.4, -0.2) is 11.1 Å². The van der Waals surface area contributed by atoms with Crippen LogP contribution in [0.5, 0.6) is 0 Å². The first-order valence-corrected chi connectivity index (χ1v) is 6.28. The van der Waals surface area contributed by atoms with Gasteiger partial charge in [-0.1, -0.05) is 60.7 Å². The molecule has 0 bridgehead atoms. The van der Waals surface area contributed by atoms with Gasteiger partial charge in [0.15, 0.2) is 0 Å². The number of carboxylic acid groups (broad SMARTS) is 1. The van der Waals surface area contributed by atoms with Crippen molar-refractivity contribution in [3.63, 3.8) is 0 Å². The molecule has 0 unspecified atom stereocenters. The quantitative estimate of drug-likeness (QED) is 0.822. The summed E-state index contributed by atoms with van der Waals surface area (Å²) in [6.07, 6.45) is 2.87. The average Bonchev–Trinajstić information content (AvgIpc) is 2.45. The third kappa shape index (κ3) is 4.11. The van der Waals surface area contributed by atoms with Gasteiger partial charge in [0, 0.05) is 6.08 Å². The molecule has 0 fully saturated rings. The second-order valence-corrected chi connectivity index (χ2v) is 4.36. The average molecular weight is 252 g/mol. The number of carbonyl (C=O) groups is 1. The van der Waals surface area contributed by atoms with Gasteiger partial charge >= 0.3 is 5.97 Å². The summed E-state index contributed by atoms with van der Waals surface area (Å²) in [5.74, 6) is -0.896. The van der Waals surface area contributed by atoms with Crippen molar-refractivity contribution in [2.45, 2.75) is 12.8 Å². The molecule has 2 heteroatoms. The summed E-state index contributed by atoms with van der Waals surface area (Å²) < 4.78 is 0. The summed E-state index contributed by atoms with van der Waals surface area (Å²) in [6.45, 7) is 0. The normalized spacial score (nSPS) is 11.3. The lowest BCUT2D eigenvalue weighted by Gasteiger charge is -2.07. The molecule has 0 aliphatic rings. The van der Waals surface area contributed by atoms with Gasteiger partial charge in [0.2, 0.25) is 0 Å². The van der Waals surface area contributed by atoms with E-state index in [1.54, 1.807) is 0 Å². The Morgan fingerprint density at radius 3 is 2.11 bits per heavy atom. The van der Waals surface area contributed by atoms with E-state index < -0.39 is 5.97 Å². The predicted molar refractivity (Wildman–Crippen MR) is 76.8 cm³/mol. The van der Waals surface area contributed by atoms with Crippen LogP contribution < -0.4 is 0 Å². The Bertz CT molecular complexity index is 556. The van der Waals surface area contributed by atoms with Crippen LogP contribution in [0.25, 0.3) is 5.57 Å². The van der Waals surface area contributed by atoms with Crippen LogP contribution in [0, 0.1) is 0 Å². The topological polar surface area (TPSA) is 37.3 Å². The van der Waals surface area contributed by atoms with Crippen LogP contribution >= 0.6 is 0 Å². The smallest absolute Gasteiger partial charge is 0.328 e. The van der Waals surface area contributed by atoms with Crippen molar-refractivity contribution >= 4 is 11.5 Å². The maximum atomic E-state index is 10.9. The van der Waals surface area contributed by atoms with Gasteiger partial charge in [-0.25, -0.2) is 4.79 Å². The van der Waals surface area contributed by atoms with E-state index in [2.05, 4.69) is 12.1 Å². The van der Waals surface area contributed by atoms with Gasteiger partial charge < -0.3 is 5.11 Å². The maximum Gasteiger partial charge on any atom is 0.328 e. The third-order valence-electron chi connectivity index (χ3n) is 2.97. The van der Waals surface area contributed by atoms with Crippen LogP contribution in [0.3, 0.4) is 0 Å². The molecule has 0 atom stereocenters. The van der Waals surface area contributed by atoms with Gasteiger partial charge in [-0.15, -0.1) is 0 Å². The highest BCUT2D eigenvalue weighted by Crippen LogP contribution is 2.20. The second-order valence-electron chi connectivity index (χ2n) is 4.36. The minimum atomic E-state index is -0.896. The first-order valence-electron chi connectivity index (χ1n) is 6.28. The van der Waals surface area contributed by atoms with Crippen LogP contribution in [0.1, 0.15) is 17.5 Å². The lowest BCUT2D eigenvalue weighted by Crippen LogP contribution is -1.95. The Morgan fingerprint density at radius 2 is 1.53 bits per heavy atom. The molecule has 0 saturated carbocycles. The summed E-state index contributed by atoms with van der Waals surface area (Å²) in [6, 6.07) is 19.8. The van der Waals surface area contributed by atoms with E-state index in [4.69, 9.17) is 5.11 Å². The molecule has 0 aliphatic heterocycles. The molecule has 19 heavy (non-hydrogen) atoms. The lowest BCUT2D eigenvalue weighted by atomic mass is 9.98. The molecule has 2 aromatic carbocycles. The van der Waals surface area contributed by atoms with Gasteiger partial charge in [0.25, 0.3) is 0 Å². The van der Waals surface area contributed by atoms with Gasteiger partial charge in [0.1, 0.15) is 0 Å². The highest BCUT2D eigenvalue weighted by Gasteiger charge is 2.04. The number of aliphatic carboxylic acids is 1. The number of allylic oxidation sites excluding steroid dienone is 1. The minimum Gasteiger partial charge on any atom is -0.478 e. The SMILES string of the molecule is O=C(O)/C=C(\CCc1ccccc1)c1ccccc1. The molecule has 0 radical (unpaired) electrons. The van der Waals surface area contributed by atoms with E-state index in [9.17, 15) is 4.79 Å². The lowest BCUT2D eigenvalue weighted by molar-refractivity contribution is -0.131. The second kappa shape index (κ2) is 6.55. The van der Waals surface area contributed by atoms with Gasteiger partial charge in [-0.3, -0.25) is 0 Å². The molecular weight excluding hydrogens is 236 g/mol. The molecule has 2 aromatic rings. The van der Waals surface area contributed by atoms with Gasteiger partial charge in [-0.05, 0) is 29.5 Å². The zero-order chi connectivity index (χ0) is 13.5. The Kier molecular flexibility index (Phi) is 4.51. The van der Waals surface area contributed by atoms with Crippen molar-refractivity contribution in [3.8, 4) is 0 Å². The van der Waals surface area contributed by atoms with E-state index in [-0.39, 0.29) is 0 Å². The highest BCUT2D eigenvalue weighted by molar-refractivity contribution is 5.90. The molecule has 0 amide bonds. The Balaban J connectivity index is 2.14. The predicted octanol–water partition coefficient (Wildman–Crippen LogP) is 3.79. The zero-order valence-corrected chi connectivity index (χ0v) is 10.6. The van der Waals surface area contributed by atoms with Crippen LogP contribution in [0.4, 0.5) is 0 Å². The molecule has 0 aliphatic carbocycles. The van der Waals surface area contributed by atoms with E-state index in [0.717, 1.165) is 24.0 Å². The summed E-state index contributed by atoms with van der Waals surface area (Å²) in [5.41, 5.74) is 3.05. The Morgan fingerprint density at radius 1 is 0.947 bits per heavy atom. The first-order chi connectivity index (χ1) is 9.25. The molecule has 0 heterocycles. The largest absolute Gasteiger partial charge is 0.478 e. The number of rotatable bonds is 5. The minimum absolute atomic E-state index is 0.723. The van der Waals surface area contributed by atoms with E-state index in [0.29, 0.717) is 0 Å². The van der Waals surface area contributed by atoms with Crippen molar-refractivity contribution in [1.82, 2.24) is 0 Å². The number of hydrogen-bond donors (Lipinski definition) is 1. The Labute approximate surface area is 113 Å². The fourth-order valence-corrected chi connectivity index (χ4v) is 2.02. The molecule has 1 N–H and O–H groups in total. The molecule has 2 nitrogen and oxygen atoms in total. The number of carboxylic acids is 1. The number of benzene rings is 2. The van der Waals surface area contributed by atoms with Crippen molar-refractivity contribution in [1.29, 1.82) is 0 Å². The first kappa shape index (κ1) is 13.1. The van der Waals surface area contributed by atoms with Crippen LogP contribution in [0.2, 0.25) is 0 Å². The van der Waals surface area contributed by atoms with Crippen molar-refractivity contribution in [2.24, 2.45) is 0 Å². The summed E-state index contributed by atoms with van der Waals surface area (Å²) in [5, 5.41) is 8.97. The maximum absolute atomic E-state index is 10.9. The van der Waals surface area contributed by atoms with E-state index in [1.807, 2.05) is 48.5 Å². The highest BCUT2D eigenvalue weighted by atomic mass is 16.4. The fraction of sp³-hybridized carbons (Fsp3) is 0.118. The number of hydrogen-bond acceptors (Lipinski definition) is 1. The molecule has 2 rings (SSSR count). The van der Waals surface area contributed by atoms with Crippen molar-refractivity contribution in [2.75, 3.05) is 0 Å². The monoisotopic (exact) mass is 252 g/mol. The Hall–Kier alpha value is -2.35. The summed E-state index contributed by atoms with van der Waals surface area (Å²) >= 11 is 0. The summed E-state index contributed by atoms with van der Waals surface area (Å²) in [7, 11) is 0. The third-order valence-corrected chi connectivity index (χ3v) is 2.97. The standard InChI is InChI=1S/C17H16O2/c18-17(19)13-16(15-9-5-2-6-10-15)12-11-14-7-3-1-4-8-14/h1-10,13H,11-12H2,(H,18,19)/b16-13+. The molecule has 0 saturated heterocycles. The summed E-state index contributed by atoms with van der Waals surface area (Å²) in [4.78, 5) is 10.9. The zero-order valence-electron chi connectivity index (χ0n) is 10.6. The van der Waals surface area contributed by atoms with Crippen LogP contribution in [0.15, 0.2) is 66.7 Å².